The van der Waals surface area contributed by atoms with Crippen molar-refractivity contribution in [1.82, 2.24) is 0 Å². The van der Waals surface area contributed by atoms with Crippen molar-refractivity contribution < 1.29 is 4.79 Å². The van der Waals surface area contributed by atoms with Crippen LogP contribution in [0.2, 0.25) is 0 Å². The molecule has 0 heterocycles. The summed E-state index contributed by atoms with van der Waals surface area (Å²) in [6.07, 6.45) is 0. The minimum Gasteiger partial charge on any atom is -0.294 e. The Balaban J connectivity index is 2.66. The molecule has 0 aliphatic rings. The van der Waals surface area contributed by atoms with Gasteiger partial charge in [-0.3, -0.25) is 4.79 Å². The van der Waals surface area contributed by atoms with Gasteiger partial charge in [-0.05, 0) is 13.9 Å². The zero-order valence-electron chi connectivity index (χ0n) is 8.29. The monoisotopic (exact) mass is 194 g/mol. The number of rotatable bonds is 2. The highest BCUT2D eigenvalue weighted by Gasteiger charge is 2.20. The summed E-state index contributed by atoms with van der Waals surface area (Å²) < 4.78 is 0. The molecular formula is C11H15OP. The Morgan fingerprint density at radius 3 is 2.15 bits per heavy atom. The van der Waals surface area contributed by atoms with Gasteiger partial charge in [0, 0.05) is 5.41 Å². The van der Waals surface area contributed by atoms with Gasteiger partial charge < -0.3 is 0 Å². The summed E-state index contributed by atoms with van der Waals surface area (Å²) in [7, 11) is 0.291. The smallest absolute Gasteiger partial charge is 0.161 e. The lowest BCUT2D eigenvalue weighted by Crippen LogP contribution is -2.17. The maximum atomic E-state index is 11.6. The largest absolute Gasteiger partial charge is 0.294 e. The van der Waals surface area contributed by atoms with Crippen LogP contribution in [0.25, 0.3) is 0 Å². The summed E-state index contributed by atoms with van der Waals surface area (Å²) in [5.41, 5.74) is 0.104. The van der Waals surface area contributed by atoms with Gasteiger partial charge in [0.2, 0.25) is 0 Å². The minimum absolute atomic E-state index is 0.214. The third-order valence-corrected chi connectivity index (χ3v) is 3.31. The van der Waals surface area contributed by atoms with Crippen molar-refractivity contribution in [2.24, 2.45) is 5.41 Å². The highest BCUT2D eigenvalue weighted by atomic mass is 31.1. The molecule has 70 valence electrons. The van der Waals surface area contributed by atoms with Crippen molar-refractivity contribution >= 4 is 19.4 Å². The molecule has 1 atom stereocenters. The first-order valence-electron chi connectivity index (χ1n) is 4.36. The van der Waals surface area contributed by atoms with E-state index < -0.39 is 0 Å². The maximum absolute atomic E-state index is 11.6. The van der Waals surface area contributed by atoms with Crippen LogP contribution >= 0.6 is 8.58 Å². The van der Waals surface area contributed by atoms with Gasteiger partial charge in [-0.25, -0.2) is 0 Å². The predicted molar refractivity (Wildman–Crippen MR) is 58.9 cm³/mol. The molecule has 0 bridgehead atoms. The molecule has 0 spiro atoms. The van der Waals surface area contributed by atoms with Crippen LogP contribution in [0.5, 0.6) is 0 Å². The zero-order chi connectivity index (χ0) is 9.90. The molecule has 0 fully saturated rings. The molecular weight excluding hydrogens is 179 g/mol. The number of carbonyl (C=O) groups excluding carboxylic acids is 1. The summed E-state index contributed by atoms with van der Waals surface area (Å²) in [5.74, 6) is 0. The van der Waals surface area contributed by atoms with Gasteiger partial charge in [0.1, 0.15) is 0 Å². The van der Waals surface area contributed by atoms with E-state index in [1.807, 2.05) is 51.1 Å². The van der Waals surface area contributed by atoms with E-state index in [0.29, 0.717) is 14.1 Å². The van der Waals surface area contributed by atoms with Gasteiger partial charge in [0.05, 0.1) is 0 Å². The standard InChI is InChI=1S/C11H15OP/c1-11(2,3)10(12)13-9-7-5-4-6-8-9/h4-8,13H,1-3H3. The molecule has 0 N–H and O–H groups in total. The zero-order valence-corrected chi connectivity index (χ0v) is 9.29. The average molecular weight is 194 g/mol. The molecule has 1 unspecified atom stereocenters. The lowest BCUT2D eigenvalue weighted by atomic mass is 9.99. The molecule has 0 aliphatic carbocycles. The third-order valence-electron chi connectivity index (χ3n) is 1.71. The Labute approximate surface area is 81.3 Å². The van der Waals surface area contributed by atoms with Crippen molar-refractivity contribution in [2.45, 2.75) is 20.8 Å². The highest BCUT2D eigenvalue weighted by Crippen LogP contribution is 2.26. The fourth-order valence-corrected chi connectivity index (χ4v) is 1.84. The Morgan fingerprint density at radius 2 is 1.69 bits per heavy atom. The maximum Gasteiger partial charge on any atom is 0.161 e. The van der Waals surface area contributed by atoms with Crippen LogP contribution in [0.3, 0.4) is 0 Å². The lowest BCUT2D eigenvalue weighted by molar-refractivity contribution is -0.117. The number of carbonyl (C=O) groups is 1. The number of benzene rings is 1. The molecule has 0 saturated heterocycles. The van der Waals surface area contributed by atoms with Crippen LogP contribution in [0.1, 0.15) is 20.8 Å². The number of hydrogen-bond donors (Lipinski definition) is 0. The van der Waals surface area contributed by atoms with Crippen molar-refractivity contribution in [3.8, 4) is 0 Å². The quantitative estimate of drug-likeness (QED) is 0.661. The Morgan fingerprint density at radius 1 is 1.15 bits per heavy atom. The second-order valence-corrected chi connectivity index (χ2v) is 5.35. The van der Waals surface area contributed by atoms with Crippen LogP contribution in [0.4, 0.5) is 0 Å². The molecule has 0 saturated carbocycles. The molecule has 13 heavy (non-hydrogen) atoms. The SMILES string of the molecule is CC(C)(C)C(=O)Pc1ccccc1. The van der Waals surface area contributed by atoms with Crippen molar-refractivity contribution in [3.63, 3.8) is 0 Å². The van der Waals surface area contributed by atoms with Gasteiger partial charge in [-0.1, -0.05) is 51.1 Å². The Hall–Kier alpha value is -0.680. The normalized spacial score (nSPS) is 12.2. The fraction of sp³-hybridized carbons (Fsp3) is 0.364. The summed E-state index contributed by atoms with van der Waals surface area (Å²) in [5, 5.41) is 1.13. The highest BCUT2D eigenvalue weighted by molar-refractivity contribution is 7.65. The first kappa shape index (κ1) is 10.4. The third kappa shape index (κ3) is 3.28. The molecule has 1 rings (SSSR count). The second-order valence-electron chi connectivity index (χ2n) is 4.07. The van der Waals surface area contributed by atoms with E-state index in [1.165, 1.54) is 0 Å². The summed E-state index contributed by atoms with van der Waals surface area (Å²) in [6, 6.07) is 9.91. The molecule has 0 aliphatic heterocycles. The first-order valence-corrected chi connectivity index (χ1v) is 5.36. The van der Waals surface area contributed by atoms with Crippen LogP contribution in [0, 0.1) is 5.41 Å². The minimum atomic E-state index is -0.214. The fourth-order valence-electron chi connectivity index (χ4n) is 0.840. The van der Waals surface area contributed by atoms with Crippen molar-refractivity contribution in [1.29, 1.82) is 0 Å². The van der Waals surface area contributed by atoms with Crippen LogP contribution < -0.4 is 5.30 Å². The van der Waals surface area contributed by atoms with Gasteiger partial charge in [-0.15, -0.1) is 0 Å². The summed E-state index contributed by atoms with van der Waals surface area (Å²) >= 11 is 0. The molecule has 0 radical (unpaired) electrons. The molecule has 0 aromatic heterocycles. The molecule has 0 amide bonds. The van der Waals surface area contributed by atoms with E-state index in [9.17, 15) is 4.79 Å². The van der Waals surface area contributed by atoms with Crippen LogP contribution in [-0.2, 0) is 4.79 Å². The van der Waals surface area contributed by atoms with E-state index in [2.05, 4.69) is 0 Å². The van der Waals surface area contributed by atoms with E-state index in [4.69, 9.17) is 0 Å². The predicted octanol–water partition coefficient (Wildman–Crippen LogP) is 2.56. The van der Waals surface area contributed by atoms with Gasteiger partial charge in [0.15, 0.2) is 5.52 Å². The topological polar surface area (TPSA) is 17.1 Å². The van der Waals surface area contributed by atoms with Crippen molar-refractivity contribution in [2.75, 3.05) is 0 Å². The number of hydrogen-bond acceptors (Lipinski definition) is 1. The van der Waals surface area contributed by atoms with E-state index in [-0.39, 0.29) is 5.41 Å². The van der Waals surface area contributed by atoms with Gasteiger partial charge >= 0.3 is 0 Å². The second kappa shape index (κ2) is 4.02. The van der Waals surface area contributed by atoms with E-state index >= 15 is 0 Å². The van der Waals surface area contributed by atoms with E-state index in [0.717, 1.165) is 5.30 Å². The molecule has 1 aromatic rings. The van der Waals surface area contributed by atoms with Crippen LogP contribution in [0.15, 0.2) is 30.3 Å². The lowest BCUT2D eigenvalue weighted by Gasteiger charge is -2.15. The molecule has 1 aromatic carbocycles. The summed E-state index contributed by atoms with van der Waals surface area (Å²) in [6.45, 7) is 5.89. The Kier molecular flexibility index (Phi) is 3.22. The van der Waals surface area contributed by atoms with Gasteiger partial charge in [0.25, 0.3) is 0 Å². The first-order chi connectivity index (χ1) is 6.00. The van der Waals surface area contributed by atoms with Crippen molar-refractivity contribution in [3.05, 3.63) is 30.3 Å². The average Bonchev–Trinajstić information content (AvgIpc) is 2.04. The summed E-state index contributed by atoms with van der Waals surface area (Å²) in [4.78, 5) is 11.6. The Bertz CT molecular complexity index is 285. The van der Waals surface area contributed by atoms with Crippen LogP contribution in [-0.4, -0.2) is 5.52 Å². The molecule has 1 nitrogen and oxygen atoms in total. The van der Waals surface area contributed by atoms with Gasteiger partial charge in [-0.2, -0.15) is 0 Å². The van der Waals surface area contributed by atoms with E-state index in [1.54, 1.807) is 0 Å². The molecule has 2 heteroatoms.